The molecule has 1 aromatic carbocycles. The van der Waals surface area contributed by atoms with Crippen molar-refractivity contribution in [1.29, 1.82) is 0 Å². The third-order valence-corrected chi connectivity index (χ3v) is 2.40. The Hall–Kier alpha value is -1.47. The van der Waals surface area contributed by atoms with Crippen molar-refractivity contribution in [3.8, 4) is 0 Å². The molecule has 94 valence electrons. The van der Waals surface area contributed by atoms with Gasteiger partial charge in [0, 0.05) is 0 Å². The SMILES string of the molecule is COC(=O)C(OS(C)(=O)=O)c1ccc(F)cc1. The first-order valence-corrected chi connectivity index (χ1v) is 6.36. The minimum atomic E-state index is -3.83. The summed E-state index contributed by atoms with van der Waals surface area (Å²) < 4.78 is 43.7. The molecule has 1 unspecified atom stereocenters. The lowest BCUT2D eigenvalue weighted by atomic mass is 10.1. The zero-order chi connectivity index (χ0) is 13.1. The summed E-state index contributed by atoms with van der Waals surface area (Å²) in [4.78, 5) is 11.4. The number of carbonyl (C=O) groups is 1. The fourth-order valence-electron chi connectivity index (χ4n) is 1.15. The molecule has 0 bridgehead atoms. The van der Waals surface area contributed by atoms with Gasteiger partial charge in [0.05, 0.1) is 13.4 Å². The van der Waals surface area contributed by atoms with E-state index >= 15 is 0 Å². The Labute approximate surface area is 98.3 Å². The Morgan fingerprint density at radius 2 is 1.82 bits per heavy atom. The molecule has 0 N–H and O–H groups in total. The first-order valence-electron chi connectivity index (χ1n) is 4.55. The molecule has 0 saturated heterocycles. The van der Waals surface area contributed by atoms with Gasteiger partial charge >= 0.3 is 5.97 Å². The summed E-state index contributed by atoms with van der Waals surface area (Å²) in [5, 5.41) is 0. The van der Waals surface area contributed by atoms with Gasteiger partial charge in [-0.25, -0.2) is 9.18 Å². The van der Waals surface area contributed by atoms with Crippen LogP contribution >= 0.6 is 0 Å². The van der Waals surface area contributed by atoms with Crippen LogP contribution in [0.2, 0.25) is 0 Å². The van der Waals surface area contributed by atoms with E-state index in [0.29, 0.717) is 0 Å². The summed E-state index contributed by atoms with van der Waals surface area (Å²) in [5.41, 5.74) is 0.198. The molecule has 1 aromatic rings. The summed E-state index contributed by atoms with van der Waals surface area (Å²) in [6, 6.07) is 4.69. The molecule has 1 atom stereocenters. The maximum Gasteiger partial charge on any atom is 0.341 e. The number of halogens is 1. The quantitative estimate of drug-likeness (QED) is 0.598. The van der Waals surface area contributed by atoms with Crippen LogP contribution in [0.15, 0.2) is 24.3 Å². The molecule has 1 rings (SSSR count). The van der Waals surface area contributed by atoms with Crippen molar-refractivity contribution in [2.45, 2.75) is 6.10 Å². The Bertz CT molecular complexity index is 494. The van der Waals surface area contributed by atoms with Crippen LogP contribution in [0.3, 0.4) is 0 Å². The van der Waals surface area contributed by atoms with Gasteiger partial charge in [0.25, 0.3) is 10.1 Å². The van der Waals surface area contributed by atoms with Crippen LogP contribution < -0.4 is 0 Å². The number of esters is 1. The predicted molar refractivity (Wildman–Crippen MR) is 57.1 cm³/mol. The zero-order valence-corrected chi connectivity index (χ0v) is 10.0. The molecule has 0 heterocycles. The van der Waals surface area contributed by atoms with Crippen LogP contribution in [0.25, 0.3) is 0 Å². The number of methoxy groups -OCH3 is 1. The highest BCUT2D eigenvalue weighted by Gasteiger charge is 2.26. The van der Waals surface area contributed by atoms with Gasteiger partial charge in [0.2, 0.25) is 0 Å². The second-order valence-corrected chi connectivity index (χ2v) is 4.86. The number of hydrogen-bond donors (Lipinski definition) is 0. The molecular formula is C10H11FO5S. The normalized spacial score (nSPS) is 13.1. The van der Waals surface area contributed by atoms with Crippen molar-refractivity contribution in [1.82, 2.24) is 0 Å². The van der Waals surface area contributed by atoms with E-state index in [9.17, 15) is 17.6 Å². The highest BCUT2D eigenvalue weighted by Crippen LogP contribution is 2.21. The lowest BCUT2D eigenvalue weighted by Crippen LogP contribution is -2.20. The van der Waals surface area contributed by atoms with E-state index in [1.807, 2.05) is 0 Å². The Kier molecular flexibility index (Phi) is 4.19. The molecule has 0 fully saturated rings. The van der Waals surface area contributed by atoms with E-state index in [-0.39, 0.29) is 5.56 Å². The molecule has 0 saturated carbocycles. The van der Waals surface area contributed by atoms with Gasteiger partial charge in [-0.15, -0.1) is 0 Å². The highest BCUT2D eigenvalue weighted by atomic mass is 32.2. The Morgan fingerprint density at radius 1 is 1.29 bits per heavy atom. The summed E-state index contributed by atoms with van der Waals surface area (Å²) >= 11 is 0. The van der Waals surface area contributed by atoms with Gasteiger partial charge in [0.1, 0.15) is 5.82 Å². The molecule has 0 aliphatic rings. The molecule has 7 heteroatoms. The lowest BCUT2D eigenvalue weighted by molar-refractivity contribution is -0.149. The zero-order valence-electron chi connectivity index (χ0n) is 9.21. The minimum absolute atomic E-state index is 0.198. The van der Waals surface area contributed by atoms with Crippen molar-refractivity contribution in [3.05, 3.63) is 35.6 Å². The van der Waals surface area contributed by atoms with E-state index in [1.165, 1.54) is 12.1 Å². The van der Waals surface area contributed by atoms with E-state index < -0.39 is 28.0 Å². The first kappa shape index (κ1) is 13.6. The molecule has 0 aromatic heterocycles. The topological polar surface area (TPSA) is 69.7 Å². The number of rotatable bonds is 4. The van der Waals surface area contributed by atoms with Gasteiger partial charge in [-0.3, -0.25) is 4.18 Å². The average molecular weight is 262 g/mol. The molecule has 0 spiro atoms. The average Bonchev–Trinajstić information content (AvgIpc) is 2.25. The van der Waals surface area contributed by atoms with Crippen LogP contribution in [0.4, 0.5) is 4.39 Å². The molecule has 0 aliphatic heterocycles. The van der Waals surface area contributed by atoms with E-state index in [1.54, 1.807) is 0 Å². The predicted octanol–water partition coefficient (Wildman–Crippen LogP) is 1.02. The van der Waals surface area contributed by atoms with Crippen LogP contribution in [0.5, 0.6) is 0 Å². The van der Waals surface area contributed by atoms with Gasteiger partial charge in [-0.05, 0) is 17.7 Å². The fourth-order valence-corrected chi connectivity index (χ4v) is 1.69. The van der Waals surface area contributed by atoms with Crippen molar-refractivity contribution in [2.24, 2.45) is 0 Å². The van der Waals surface area contributed by atoms with Crippen LogP contribution in [0, 0.1) is 5.82 Å². The molecule has 17 heavy (non-hydrogen) atoms. The van der Waals surface area contributed by atoms with Crippen molar-refractivity contribution in [3.63, 3.8) is 0 Å². The maximum atomic E-state index is 12.7. The third-order valence-electron chi connectivity index (χ3n) is 1.86. The van der Waals surface area contributed by atoms with Gasteiger partial charge in [-0.2, -0.15) is 8.42 Å². The summed E-state index contributed by atoms with van der Waals surface area (Å²) in [5.74, 6) is -1.38. The van der Waals surface area contributed by atoms with Crippen molar-refractivity contribution >= 4 is 16.1 Å². The number of carbonyl (C=O) groups excluding carboxylic acids is 1. The van der Waals surface area contributed by atoms with E-state index in [0.717, 1.165) is 25.5 Å². The summed E-state index contributed by atoms with van der Waals surface area (Å²) in [7, 11) is -2.73. The monoisotopic (exact) mass is 262 g/mol. The molecule has 0 aliphatic carbocycles. The molecule has 0 amide bonds. The van der Waals surface area contributed by atoms with Crippen molar-refractivity contribution < 1.29 is 26.5 Å². The largest absolute Gasteiger partial charge is 0.467 e. The highest BCUT2D eigenvalue weighted by molar-refractivity contribution is 7.86. The minimum Gasteiger partial charge on any atom is -0.467 e. The summed E-state index contributed by atoms with van der Waals surface area (Å²) in [6.45, 7) is 0. The van der Waals surface area contributed by atoms with Crippen LogP contribution in [0.1, 0.15) is 11.7 Å². The Balaban J connectivity index is 3.06. The third kappa shape index (κ3) is 4.12. The lowest BCUT2D eigenvalue weighted by Gasteiger charge is -2.14. The van der Waals surface area contributed by atoms with E-state index in [4.69, 9.17) is 0 Å². The first-order chi connectivity index (χ1) is 7.83. The fraction of sp³-hybridized carbons (Fsp3) is 0.300. The number of hydrogen-bond acceptors (Lipinski definition) is 5. The molecule has 5 nitrogen and oxygen atoms in total. The smallest absolute Gasteiger partial charge is 0.341 e. The number of benzene rings is 1. The van der Waals surface area contributed by atoms with Crippen molar-refractivity contribution in [2.75, 3.05) is 13.4 Å². The second kappa shape index (κ2) is 5.24. The standard InChI is InChI=1S/C10H11FO5S/c1-15-10(12)9(16-17(2,13)14)7-3-5-8(11)6-4-7/h3-6,9H,1-2H3. The van der Waals surface area contributed by atoms with Gasteiger partial charge in [-0.1, -0.05) is 12.1 Å². The second-order valence-electron chi connectivity index (χ2n) is 3.26. The Morgan fingerprint density at radius 3 is 2.24 bits per heavy atom. The van der Waals surface area contributed by atoms with E-state index in [2.05, 4.69) is 8.92 Å². The number of ether oxygens (including phenoxy) is 1. The maximum absolute atomic E-state index is 12.7. The van der Waals surface area contributed by atoms with Gasteiger partial charge < -0.3 is 4.74 Å². The summed E-state index contributed by atoms with van der Waals surface area (Å²) in [6.07, 6.45) is -0.609. The van der Waals surface area contributed by atoms with Gasteiger partial charge in [0.15, 0.2) is 6.10 Å². The molecule has 0 radical (unpaired) electrons. The molecular weight excluding hydrogens is 251 g/mol. The van der Waals surface area contributed by atoms with Crippen LogP contribution in [-0.2, 0) is 23.8 Å². The van der Waals surface area contributed by atoms with Crippen LogP contribution in [-0.4, -0.2) is 27.8 Å².